The van der Waals surface area contributed by atoms with Gasteiger partial charge in [-0.05, 0) is 31.5 Å². The van der Waals surface area contributed by atoms with Gasteiger partial charge in [0.05, 0.1) is 12.0 Å². The molecule has 2 unspecified atom stereocenters. The van der Waals surface area contributed by atoms with E-state index in [1.165, 1.54) is 0 Å². The Balaban J connectivity index is 2.56. The maximum Gasteiger partial charge on any atom is 0.316 e. The van der Waals surface area contributed by atoms with Crippen LogP contribution in [0.25, 0.3) is 0 Å². The fourth-order valence-electron chi connectivity index (χ4n) is 1.51. The molecule has 0 aliphatic carbocycles. The summed E-state index contributed by atoms with van der Waals surface area (Å²) in [6.07, 6.45) is 0. The third-order valence-electron chi connectivity index (χ3n) is 2.63. The molecule has 0 aliphatic rings. The van der Waals surface area contributed by atoms with Gasteiger partial charge in [0.1, 0.15) is 0 Å². The van der Waals surface area contributed by atoms with Crippen molar-refractivity contribution in [2.75, 3.05) is 11.9 Å². The van der Waals surface area contributed by atoms with Crippen molar-refractivity contribution in [3.63, 3.8) is 0 Å². The molecule has 4 N–H and O–H groups in total. The molecule has 2 atom stereocenters. The summed E-state index contributed by atoms with van der Waals surface area (Å²) in [5.74, 6) is -0.0109. The molecule has 0 spiro atoms. The van der Waals surface area contributed by atoms with E-state index in [-0.39, 0.29) is 12.0 Å². The molecule has 2 amide bonds. The van der Waals surface area contributed by atoms with Gasteiger partial charge in [-0.3, -0.25) is 0 Å². The standard InChI is InChI=1S/C13H18N4O/c1-9(7-14)8-16-10(2)11-3-5-12(6-4-11)17-13(15)18/h3-6,9-10,16H,8H2,1-2H3,(H3,15,17,18). The minimum atomic E-state index is -0.572. The Labute approximate surface area is 107 Å². The van der Waals surface area contributed by atoms with Crippen molar-refractivity contribution in [2.45, 2.75) is 19.9 Å². The summed E-state index contributed by atoms with van der Waals surface area (Å²) >= 11 is 0. The predicted molar refractivity (Wildman–Crippen MR) is 70.8 cm³/mol. The quantitative estimate of drug-likeness (QED) is 0.742. The second-order valence-corrected chi connectivity index (χ2v) is 4.27. The molecule has 0 saturated heterocycles. The van der Waals surface area contributed by atoms with Gasteiger partial charge in [0, 0.05) is 18.3 Å². The minimum Gasteiger partial charge on any atom is -0.351 e. The Morgan fingerprint density at radius 2 is 2.00 bits per heavy atom. The molecular weight excluding hydrogens is 228 g/mol. The first kappa shape index (κ1) is 14.0. The van der Waals surface area contributed by atoms with E-state index in [0.29, 0.717) is 12.2 Å². The molecule has 5 nitrogen and oxygen atoms in total. The molecule has 1 aromatic carbocycles. The number of benzene rings is 1. The van der Waals surface area contributed by atoms with Crippen molar-refractivity contribution < 1.29 is 4.79 Å². The van der Waals surface area contributed by atoms with Gasteiger partial charge >= 0.3 is 6.03 Å². The highest BCUT2D eigenvalue weighted by atomic mass is 16.2. The molecule has 0 fully saturated rings. The highest BCUT2D eigenvalue weighted by molar-refractivity contribution is 5.87. The minimum absolute atomic E-state index is 0.0109. The average Bonchev–Trinajstić information content (AvgIpc) is 2.35. The van der Waals surface area contributed by atoms with E-state index in [9.17, 15) is 4.79 Å². The fraction of sp³-hybridized carbons (Fsp3) is 0.385. The van der Waals surface area contributed by atoms with Crippen molar-refractivity contribution in [2.24, 2.45) is 11.7 Å². The van der Waals surface area contributed by atoms with E-state index >= 15 is 0 Å². The molecule has 0 radical (unpaired) electrons. The topological polar surface area (TPSA) is 90.9 Å². The molecule has 5 heteroatoms. The van der Waals surface area contributed by atoms with Crippen LogP contribution < -0.4 is 16.4 Å². The second kappa shape index (κ2) is 6.62. The fourth-order valence-corrected chi connectivity index (χ4v) is 1.51. The number of nitrogens with zero attached hydrogens (tertiary/aromatic N) is 1. The van der Waals surface area contributed by atoms with Gasteiger partial charge in [-0.15, -0.1) is 0 Å². The third kappa shape index (κ3) is 4.44. The number of rotatable bonds is 5. The lowest BCUT2D eigenvalue weighted by Crippen LogP contribution is -2.24. The molecule has 1 rings (SSSR count). The van der Waals surface area contributed by atoms with Crippen molar-refractivity contribution in [1.29, 1.82) is 5.26 Å². The summed E-state index contributed by atoms with van der Waals surface area (Å²) < 4.78 is 0. The highest BCUT2D eigenvalue weighted by Gasteiger charge is 2.07. The van der Waals surface area contributed by atoms with E-state index in [1.54, 1.807) is 12.1 Å². The lowest BCUT2D eigenvalue weighted by Gasteiger charge is -2.15. The number of primary amides is 1. The van der Waals surface area contributed by atoms with Crippen LogP contribution in [0.15, 0.2) is 24.3 Å². The number of hydrogen-bond donors (Lipinski definition) is 3. The molecule has 0 aliphatic heterocycles. The van der Waals surface area contributed by atoms with Gasteiger partial charge in [0.15, 0.2) is 0 Å². The van der Waals surface area contributed by atoms with Gasteiger partial charge in [-0.1, -0.05) is 12.1 Å². The normalized spacial score (nSPS) is 13.4. The number of nitrogens with two attached hydrogens (primary N) is 1. The molecular formula is C13H18N4O. The van der Waals surface area contributed by atoms with E-state index in [1.807, 2.05) is 26.0 Å². The Hall–Kier alpha value is -2.06. The summed E-state index contributed by atoms with van der Waals surface area (Å²) in [6.45, 7) is 4.55. The zero-order valence-corrected chi connectivity index (χ0v) is 10.6. The molecule has 18 heavy (non-hydrogen) atoms. The first-order chi connectivity index (χ1) is 8.52. The Morgan fingerprint density at radius 1 is 1.39 bits per heavy atom. The molecule has 0 aromatic heterocycles. The van der Waals surface area contributed by atoms with Crippen LogP contribution in [0.5, 0.6) is 0 Å². The van der Waals surface area contributed by atoms with Crippen LogP contribution in [0.3, 0.4) is 0 Å². The Kier molecular flexibility index (Phi) is 5.15. The maximum absolute atomic E-state index is 10.7. The largest absolute Gasteiger partial charge is 0.351 e. The number of anilines is 1. The molecule has 0 bridgehead atoms. The zero-order chi connectivity index (χ0) is 13.5. The summed E-state index contributed by atoms with van der Waals surface area (Å²) in [6, 6.07) is 9.19. The number of nitrogens with one attached hydrogen (secondary N) is 2. The van der Waals surface area contributed by atoms with Crippen LogP contribution in [-0.2, 0) is 0 Å². The predicted octanol–water partition coefficient (Wildman–Crippen LogP) is 1.99. The van der Waals surface area contributed by atoms with Gasteiger partial charge in [0.25, 0.3) is 0 Å². The van der Waals surface area contributed by atoms with Crippen molar-refractivity contribution >= 4 is 11.7 Å². The number of carbonyl (C=O) groups is 1. The van der Waals surface area contributed by atoms with Gasteiger partial charge < -0.3 is 16.4 Å². The van der Waals surface area contributed by atoms with Crippen LogP contribution in [-0.4, -0.2) is 12.6 Å². The van der Waals surface area contributed by atoms with E-state index in [0.717, 1.165) is 5.56 Å². The van der Waals surface area contributed by atoms with Gasteiger partial charge in [0.2, 0.25) is 0 Å². The Bertz CT molecular complexity index is 435. The van der Waals surface area contributed by atoms with Crippen molar-refractivity contribution in [3.05, 3.63) is 29.8 Å². The lowest BCUT2D eigenvalue weighted by atomic mass is 10.1. The van der Waals surface area contributed by atoms with Crippen LogP contribution in [0.4, 0.5) is 10.5 Å². The number of carbonyl (C=O) groups excluding carboxylic acids is 1. The Morgan fingerprint density at radius 3 is 2.50 bits per heavy atom. The van der Waals surface area contributed by atoms with Crippen LogP contribution in [0.1, 0.15) is 25.5 Å². The SMILES string of the molecule is CC(C#N)CNC(C)c1ccc(NC(N)=O)cc1. The summed E-state index contributed by atoms with van der Waals surface area (Å²) in [5.41, 5.74) is 6.79. The monoisotopic (exact) mass is 246 g/mol. The van der Waals surface area contributed by atoms with Gasteiger partial charge in [-0.2, -0.15) is 5.26 Å². The van der Waals surface area contributed by atoms with E-state index in [4.69, 9.17) is 11.0 Å². The number of amides is 2. The number of urea groups is 1. The van der Waals surface area contributed by atoms with Crippen LogP contribution >= 0.6 is 0 Å². The summed E-state index contributed by atoms with van der Waals surface area (Å²) in [7, 11) is 0. The number of hydrogen-bond acceptors (Lipinski definition) is 3. The first-order valence-corrected chi connectivity index (χ1v) is 5.82. The maximum atomic E-state index is 10.7. The molecule has 0 heterocycles. The van der Waals surface area contributed by atoms with E-state index < -0.39 is 6.03 Å². The van der Waals surface area contributed by atoms with Gasteiger partial charge in [-0.25, -0.2) is 4.79 Å². The zero-order valence-electron chi connectivity index (χ0n) is 10.6. The third-order valence-corrected chi connectivity index (χ3v) is 2.63. The molecule has 0 saturated carbocycles. The highest BCUT2D eigenvalue weighted by Crippen LogP contribution is 2.16. The summed E-state index contributed by atoms with van der Waals surface area (Å²) in [5, 5.41) is 14.5. The lowest BCUT2D eigenvalue weighted by molar-refractivity contribution is 0.259. The van der Waals surface area contributed by atoms with E-state index in [2.05, 4.69) is 16.7 Å². The van der Waals surface area contributed by atoms with Crippen molar-refractivity contribution in [3.8, 4) is 6.07 Å². The average molecular weight is 246 g/mol. The van der Waals surface area contributed by atoms with Crippen LogP contribution in [0, 0.1) is 17.2 Å². The molecule has 1 aromatic rings. The first-order valence-electron chi connectivity index (χ1n) is 5.82. The molecule has 96 valence electrons. The summed E-state index contributed by atoms with van der Waals surface area (Å²) in [4.78, 5) is 10.7. The second-order valence-electron chi connectivity index (χ2n) is 4.27. The van der Waals surface area contributed by atoms with Crippen LogP contribution in [0.2, 0.25) is 0 Å². The smallest absolute Gasteiger partial charge is 0.316 e. The number of nitriles is 1. The van der Waals surface area contributed by atoms with Crippen molar-refractivity contribution in [1.82, 2.24) is 5.32 Å².